The largest absolute Gasteiger partial charge is 0.469 e. The van der Waals surface area contributed by atoms with E-state index in [0.717, 1.165) is 19.5 Å². The second-order valence-electron chi connectivity index (χ2n) is 5.06. The SMILES string of the molecule is CCC(C)N1CC(NC(C)=O)CC(C(=O)OC)C1. The lowest BCUT2D eigenvalue weighted by Crippen LogP contribution is -2.54. The fourth-order valence-electron chi connectivity index (χ4n) is 2.48. The van der Waals surface area contributed by atoms with Crippen LogP contribution in [0.1, 0.15) is 33.6 Å². The minimum Gasteiger partial charge on any atom is -0.469 e. The van der Waals surface area contributed by atoms with Crippen molar-refractivity contribution in [1.29, 1.82) is 0 Å². The number of rotatable bonds is 4. The highest BCUT2D eigenvalue weighted by Crippen LogP contribution is 2.21. The van der Waals surface area contributed by atoms with Crippen LogP contribution in [0.15, 0.2) is 0 Å². The number of amides is 1. The van der Waals surface area contributed by atoms with Gasteiger partial charge in [0.25, 0.3) is 0 Å². The first-order valence-corrected chi connectivity index (χ1v) is 6.56. The normalized spacial score (nSPS) is 26.4. The van der Waals surface area contributed by atoms with Crippen molar-refractivity contribution >= 4 is 11.9 Å². The maximum atomic E-state index is 11.7. The van der Waals surface area contributed by atoms with Crippen molar-refractivity contribution in [1.82, 2.24) is 10.2 Å². The molecule has 0 aromatic carbocycles. The van der Waals surface area contributed by atoms with Crippen molar-refractivity contribution in [3.8, 4) is 0 Å². The Labute approximate surface area is 109 Å². The molecule has 1 saturated heterocycles. The number of carbonyl (C=O) groups is 2. The Bertz CT molecular complexity index is 307. The average Bonchev–Trinajstić information content (AvgIpc) is 2.35. The summed E-state index contributed by atoms with van der Waals surface area (Å²) in [4.78, 5) is 25.1. The Morgan fingerprint density at radius 1 is 1.44 bits per heavy atom. The summed E-state index contributed by atoms with van der Waals surface area (Å²) in [6, 6.07) is 0.447. The Balaban J connectivity index is 2.71. The minimum absolute atomic E-state index is 0.0364. The number of carbonyl (C=O) groups excluding carboxylic acids is 2. The van der Waals surface area contributed by atoms with Crippen LogP contribution >= 0.6 is 0 Å². The molecule has 0 spiro atoms. The van der Waals surface area contributed by atoms with Crippen LogP contribution in [0, 0.1) is 5.92 Å². The number of esters is 1. The molecule has 1 rings (SSSR count). The molecule has 1 N–H and O–H groups in total. The Morgan fingerprint density at radius 2 is 2.11 bits per heavy atom. The van der Waals surface area contributed by atoms with E-state index < -0.39 is 0 Å². The predicted molar refractivity (Wildman–Crippen MR) is 69.1 cm³/mol. The molecule has 0 aromatic heterocycles. The molecule has 3 unspecified atom stereocenters. The third-order valence-electron chi connectivity index (χ3n) is 3.63. The first kappa shape index (κ1) is 15.0. The van der Waals surface area contributed by atoms with Gasteiger partial charge in [-0.05, 0) is 19.8 Å². The highest BCUT2D eigenvalue weighted by molar-refractivity contribution is 5.74. The molecule has 0 radical (unpaired) electrons. The lowest BCUT2D eigenvalue weighted by atomic mass is 9.92. The lowest BCUT2D eigenvalue weighted by Gasteiger charge is -2.39. The number of nitrogens with zero attached hydrogens (tertiary/aromatic N) is 1. The molecule has 0 saturated carbocycles. The number of hydrogen-bond acceptors (Lipinski definition) is 4. The fraction of sp³-hybridized carbons (Fsp3) is 0.846. The molecule has 1 fully saturated rings. The van der Waals surface area contributed by atoms with Crippen LogP contribution in [0.5, 0.6) is 0 Å². The van der Waals surface area contributed by atoms with E-state index in [0.29, 0.717) is 12.5 Å². The number of likely N-dealkylation sites (tertiary alicyclic amines) is 1. The monoisotopic (exact) mass is 256 g/mol. The molecule has 1 heterocycles. The predicted octanol–water partition coefficient (Wildman–Crippen LogP) is 0.785. The standard InChI is InChI=1S/C13H24N2O3/c1-5-9(2)15-7-11(13(17)18-4)6-12(8-15)14-10(3)16/h9,11-12H,5-8H2,1-4H3,(H,14,16). The summed E-state index contributed by atoms with van der Waals surface area (Å²) in [6.07, 6.45) is 1.69. The first-order chi connectivity index (χ1) is 8.47. The molecule has 18 heavy (non-hydrogen) atoms. The van der Waals surface area contributed by atoms with Crippen LogP contribution in [-0.2, 0) is 14.3 Å². The van der Waals surface area contributed by atoms with Gasteiger partial charge in [0.1, 0.15) is 0 Å². The summed E-state index contributed by atoms with van der Waals surface area (Å²) in [7, 11) is 1.41. The van der Waals surface area contributed by atoms with Gasteiger partial charge in [-0.1, -0.05) is 6.92 Å². The molecule has 104 valence electrons. The Kier molecular flexibility index (Phi) is 5.59. The number of piperidine rings is 1. The molecule has 1 aliphatic rings. The van der Waals surface area contributed by atoms with E-state index in [9.17, 15) is 9.59 Å². The average molecular weight is 256 g/mol. The summed E-state index contributed by atoms with van der Waals surface area (Å²) in [5.74, 6) is -0.373. The van der Waals surface area contributed by atoms with E-state index in [1.807, 2.05) is 0 Å². The number of hydrogen-bond donors (Lipinski definition) is 1. The zero-order chi connectivity index (χ0) is 13.7. The number of nitrogens with one attached hydrogen (secondary N) is 1. The van der Waals surface area contributed by atoms with Crippen molar-refractivity contribution in [3.63, 3.8) is 0 Å². The molecule has 5 nitrogen and oxygen atoms in total. The molecule has 3 atom stereocenters. The van der Waals surface area contributed by atoms with E-state index in [1.54, 1.807) is 0 Å². The second kappa shape index (κ2) is 6.73. The van der Waals surface area contributed by atoms with Crippen molar-refractivity contribution in [2.24, 2.45) is 5.92 Å². The zero-order valence-corrected chi connectivity index (χ0v) is 11.7. The van der Waals surface area contributed by atoms with Gasteiger partial charge in [0, 0.05) is 32.1 Å². The molecule has 5 heteroatoms. The van der Waals surface area contributed by atoms with Gasteiger partial charge in [0.15, 0.2) is 0 Å². The molecule has 0 aromatic rings. The topological polar surface area (TPSA) is 58.6 Å². The summed E-state index contributed by atoms with van der Waals surface area (Å²) < 4.78 is 4.83. The van der Waals surface area contributed by atoms with Gasteiger partial charge in [-0.25, -0.2) is 0 Å². The highest BCUT2D eigenvalue weighted by Gasteiger charge is 2.33. The number of ether oxygens (including phenoxy) is 1. The van der Waals surface area contributed by atoms with E-state index in [2.05, 4.69) is 24.1 Å². The molecule has 0 aliphatic carbocycles. The van der Waals surface area contributed by atoms with Gasteiger partial charge in [-0.2, -0.15) is 0 Å². The molecule has 1 amide bonds. The van der Waals surface area contributed by atoms with E-state index in [-0.39, 0.29) is 23.8 Å². The third kappa shape index (κ3) is 3.98. The summed E-state index contributed by atoms with van der Waals surface area (Å²) >= 11 is 0. The molecular weight excluding hydrogens is 232 g/mol. The van der Waals surface area contributed by atoms with Gasteiger partial charge in [-0.15, -0.1) is 0 Å². The fourth-order valence-corrected chi connectivity index (χ4v) is 2.48. The van der Waals surface area contributed by atoms with Gasteiger partial charge in [0.05, 0.1) is 13.0 Å². The molecule has 1 aliphatic heterocycles. The van der Waals surface area contributed by atoms with Gasteiger partial charge in [0.2, 0.25) is 5.91 Å². The van der Waals surface area contributed by atoms with E-state index in [1.165, 1.54) is 14.0 Å². The Hall–Kier alpha value is -1.10. The van der Waals surface area contributed by atoms with Crippen LogP contribution in [0.3, 0.4) is 0 Å². The maximum absolute atomic E-state index is 11.7. The lowest BCUT2D eigenvalue weighted by molar-refractivity contribution is -0.148. The summed E-state index contributed by atoms with van der Waals surface area (Å²) in [5, 5.41) is 2.91. The molecule has 0 bridgehead atoms. The zero-order valence-electron chi connectivity index (χ0n) is 11.7. The van der Waals surface area contributed by atoms with Crippen LogP contribution in [0.25, 0.3) is 0 Å². The van der Waals surface area contributed by atoms with E-state index >= 15 is 0 Å². The van der Waals surface area contributed by atoms with Crippen molar-refractivity contribution < 1.29 is 14.3 Å². The van der Waals surface area contributed by atoms with Crippen LogP contribution in [0.2, 0.25) is 0 Å². The van der Waals surface area contributed by atoms with Gasteiger partial charge >= 0.3 is 5.97 Å². The smallest absolute Gasteiger partial charge is 0.310 e. The first-order valence-electron chi connectivity index (χ1n) is 6.56. The van der Waals surface area contributed by atoms with Crippen molar-refractivity contribution in [2.75, 3.05) is 20.2 Å². The van der Waals surface area contributed by atoms with Crippen LogP contribution in [0.4, 0.5) is 0 Å². The van der Waals surface area contributed by atoms with E-state index in [4.69, 9.17) is 4.74 Å². The van der Waals surface area contributed by atoms with Crippen molar-refractivity contribution in [2.45, 2.75) is 45.7 Å². The summed E-state index contributed by atoms with van der Waals surface area (Å²) in [5.41, 5.74) is 0. The van der Waals surface area contributed by atoms with Crippen LogP contribution < -0.4 is 5.32 Å². The van der Waals surface area contributed by atoms with Crippen molar-refractivity contribution in [3.05, 3.63) is 0 Å². The van der Waals surface area contributed by atoms with Gasteiger partial charge in [-0.3, -0.25) is 14.5 Å². The third-order valence-corrected chi connectivity index (χ3v) is 3.63. The molecular formula is C13H24N2O3. The maximum Gasteiger partial charge on any atom is 0.310 e. The summed E-state index contributed by atoms with van der Waals surface area (Å²) in [6.45, 7) is 7.31. The van der Waals surface area contributed by atoms with Crippen LogP contribution in [-0.4, -0.2) is 49.1 Å². The quantitative estimate of drug-likeness (QED) is 0.755. The van der Waals surface area contributed by atoms with Gasteiger partial charge < -0.3 is 10.1 Å². The Morgan fingerprint density at radius 3 is 2.61 bits per heavy atom. The second-order valence-corrected chi connectivity index (χ2v) is 5.06. The number of methoxy groups -OCH3 is 1. The minimum atomic E-state index is -0.182. The highest BCUT2D eigenvalue weighted by atomic mass is 16.5.